The molecule has 0 N–H and O–H groups in total. The quantitative estimate of drug-likeness (QED) is 0.720. The van der Waals surface area contributed by atoms with Crippen LogP contribution in [0.3, 0.4) is 0 Å². The monoisotopic (exact) mass is 203 g/mol. The Bertz CT molecular complexity index is 360. The minimum absolute atomic E-state index is 0.184. The molecule has 2 rings (SSSR count). The van der Waals surface area contributed by atoms with Crippen molar-refractivity contribution < 1.29 is 4.79 Å². The van der Waals surface area contributed by atoms with Gasteiger partial charge in [0.25, 0.3) is 0 Å². The van der Waals surface area contributed by atoms with Crippen molar-refractivity contribution in [3.05, 3.63) is 35.9 Å². The minimum Gasteiger partial charge on any atom is -0.345 e. The number of likely N-dealkylation sites (tertiary alicyclic amines) is 1. The van der Waals surface area contributed by atoms with Gasteiger partial charge in [0.15, 0.2) is 0 Å². The first kappa shape index (κ1) is 10.2. The molecule has 1 aromatic carbocycles. The number of carbonyl (C=O) groups excluding carboxylic acids is 1. The normalized spacial score (nSPS) is 26.0. The van der Waals surface area contributed by atoms with Crippen LogP contribution in [0.25, 0.3) is 0 Å². The minimum atomic E-state index is -0.184. The van der Waals surface area contributed by atoms with Gasteiger partial charge in [0.05, 0.1) is 5.41 Å². The third kappa shape index (κ3) is 1.89. The molecule has 1 aliphatic heterocycles. The Labute approximate surface area is 90.9 Å². The van der Waals surface area contributed by atoms with Gasteiger partial charge in [-0.05, 0) is 18.4 Å². The Morgan fingerprint density at radius 2 is 2.00 bits per heavy atom. The summed E-state index contributed by atoms with van der Waals surface area (Å²) < 4.78 is 0. The lowest BCUT2D eigenvalue weighted by Crippen LogP contribution is -2.31. The standard InChI is InChI=1S/C13H17NO/c1-13(8-9-14(2)12(13)15)10-11-6-4-3-5-7-11/h3-7H,8-10H2,1-2H3. The maximum Gasteiger partial charge on any atom is 0.228 e. The van der Waals surface area contributed by atoms with Crippen molar-refractivity contribution in [1.29, 1.82) is 0 Å². The lowest BCUT2D eigenvalue weighted by atomic mass is 9.82. The average molecular weight is 203 g/mol. The van der Waals surface area contributed by atoms with Crippen molar-refractivity contribution in [2.75, 3.05) is 13.6 Å². The molecule has 1 unspecified atom stereocenters. The Balaban J connectivity index is 2.15. The number of carbonyl (C=O) groups is 1. The number of hydrogen-bond acceptors (Lipinski definition) is 1. The zero-order valence-corrected chi connectivity index (χ0v) is 9.36. The van der Waals surface area contributed by atoms with E-state index in [2.05, 4.69) is 19.1 Å². The summed E-state index contributed by atoms with van der Waals surface area (Å²) in [6.07, 6.45) is 1.83. The van der Waals surface area contributed by atoms with Crippen molar-refractivity contribution in [2.45, 2.75) is 19.8 Å². The Kier molecular flexibility index (Phi) is 2.51. The molecule has 1 atom stereocenters. The van der Waals surface area contributed by atoms with Crippen LogP contribution in [-0.2, 0) is 11.2 Å². The van der Waals surface area contributed by atoms with Crippen molar-refractivity contribution in [1.82, 2.24) is 4.90 Å². The second-order valence-corrected chi connectivity index (χ2v) is 4.70. The molecule has 0 spiro atoms. The zero-order valence-electron chi connectivity index (χ0n) is 9.36. The summed E-state index contributed by atoms with van der Waals surface area (Å²) in [6.45, 7) is 2.97. The van der Waals surface area contributed by atoms with Crippen LogP contribution in [0, 0.1) is 5.41 Å². The van der Waals surface area contributed by atoms with Gasteiger partial charge in [0.1, 0.15) is 0 Å². The fourth-order valence-electron chi connectivity index (χ4n) is 2.29. The molecule has 1 saturated heterocycles. The molecule has 2 nitrogen and oxygen atoms in total. The molecule has 0 aliphatic carbocycles. The van der Waals surface area contributed by atoms with E-state index < -0.39 is 0 Å². The SMILES string of the molecule is CN1CCC(C)(Cc2ccccc2)C1=O. The van der Waals surface area contributed by atoms with Gasteiger partial charge in [-0.3, -0.25) is 4.79 Å². The van der Waals surface area contributed by atoms with Crippen LogP contribution in [0.1, 0.15) is 18.9 Å². The molecule has 1 heterocycles. The van der Waals surface area contributed by atoms with Gasteiger partial charge in [-0.15, -0.1) is 0 Å². The van der Waals surface area contributed by atoms with E-state index in [1.807, 2.05) is 30.1 Å². The fourth-order valence-corrected chi connectivity index (χ4v) is 2.29. The van der Waals surface area contributed by atoms with E-state index >= 15 is 0 Å². The third-order valence-electron chi connectivity index (χ3n) is 3.30. The largest absolute Gasteiger partial charge is 0.345 e. The second-order valence-electron chi connectivity index (χ2n) is 4.70. The van der Waals surface area contributed by atoms with Crippen molar-refractivity contribution >= 4 is 5.91 Å². The lowest BCUT2D eigenvalue weighted by molar-refractivity contribution is -0.134. The van der Waals surface area contributed by atoms with Crippen LogP contribution in [-0.4, -0.2) is 24.4 Å². The van der Waals surface area contributed by atoms with Crippen LogP contribution in [0.2, 0.25) is 0 Å². The molecule has 2 heteroatoms. The topological polar surface area (TPSA) is 20.3 Å². The van der Waals surface area contributed by atoms with E-state index in [1.165, 1.54) is 5.56 Å². The van der Waals surface area contributed by atoms with E-state index in [0.29, 0.717) is 0 Å². The summed E-state index contributed by atoms with van der Waals surface area (Å²) in [7, 11) is 1.89. The average Bonchev–Trinajstić information content (AvgIpc) is 2.48. The zero-order chi connectivity index (χ0) is 10.9. The summed E-state index contributed by atoms with van der Waals surface area (Å²) in [6, 6.07) is 10.3. The predicted octanol–water partition coefficient (Wildman–Crippen LogP) is 2.10. The molecule has 0 bridgehead atoms. The van der Waals surface area contributed by atoms with Gasteiger partial charge in [-0.2, -0.15) is 0 Å². The van der Waals surface area contributed by atoms with E-state index in [-0.39, 0.29) is 11.3 Å². The molecule has 1 aliphatic rings. The van der Waals surface area contributed by atoms with E-state index in [9.17, 15) is 4.79 Å². The van der Waals surface area contributed by atoms with Crippen molar-refractivity contribution in [3.8, 4) is 0 Å². The Morgan fingerprint density at radius 3 is 2.53 bits per heavy atom. The maximum absolute atomic E-state index is 12.0. The van der Waals surface area contributed by atoms with Crippen LogP contribution < -0.4 is 0 Å². The predicted molar refractivity (Wildman–Crippen MR) is 60.5 cm³/mol. The first-order valence-corrected chi connectivity index (χ1v) is 5.41. The summed E-state index contributed by atoms with van der Waals surface area (Å²) in [4.78, 5) is 13.8. The summed E-state index contributed by atoms with van der Waals surface area (Å²) in [5, 5.41) is 0. The number of hydrogen-bond donors (Lipinski definition) is 0. The van der Waals surface area contributed by atoms with Gasteiger partial charge in [-0.25, -0.2) is 0 Å². The summed E-state index contributed by atoms with van der Waals surface area (Å²) in [5.41, 5.74) is 1.07. The van der Waals surface area contributed by atoms with Crippen LogP contribution in [0.15, 0.2) is 30.3 Å². The van der Waals surface area contributed by atoms with Gasteiger partial charge in [-0.1, -0.05) is 37.3 Å². The highest BCUT2D eigenvalue weighted by molar-refractivity contribution is 5.84. The highest BCUT2D eigenvalue weighted by Gasteiger charge is 2.40. The molecular formula is C13H17NO. The highest BCUT2D eigenvalue weighted by atomic mass is 16.2. The van der Waals surface area contributed by atoms with Gasteiger partial charge in [0.2, 0.25) is 5.91 Å². The first-order chi connectivity index (χ1) is 7.12. The summed E-state index contributed by atoms with van der Waals surface area (Å²) in [5.74, 6) is 0.284. The van der Waals surface area contributed by atoms with Gasteiger partial charge in [0, 0.05) is 13.6 Å². The van der Waals surface area contributed by atoms with Crippen LogP contribution in [0.4, 0.5) is 0 Å². The smallest absolute Gasteiger partial charge is 0.228 e. The molecule has 80 valence electrons. The number of benzene rings is 1. The Morgan fingerprint density at radius 1 is 1.33 bits per heavy atom. The molecule has 15 heavy (non-hydrogen) atoms. The van der Waals surface area contributed by atoms with E-state index in [4.69, 9.17) is 0 Å². The molecule has 1 fully saturated rings. The molecule has 0 saturated carbocycles. The molecular weight excluding hydrogens is 186 g/mol. The lowest BCUT2D eigenvalue weighted by Gasteiger charge is -2.21. The van der Waals surface area contributed by atoms with Crippen LogP contribution in [0.5, 0.6) is 0 Å². The number of rotatable bonds is 2. The fraction of sp³-hybridized carbons (Fsp3) is 0.462. The van der Waals surface area contributed by atoms with Gasteiger partial charge >= 0.3 is 0 Å². The highest BCUT2D eigenvalue weighted by Crippen LogP contribution is 2.33. The molecule has 1 amide bonds. The van der Waals surface area contributed by atoms with Gasteiger partial charge < -0.3 is 4.90 Å². The molecule has 1 aromatic rings. The van der Waals surface area contributed by atoms with Crippen molar-refractivity contribution in [2.24, 2.45) is 5.41 Å². The van der Waals surface area contributed by atoms with E-state index in [1.54, 1.807) is 0 Å². The third-order valence-corrected chi connectivity index (χ3v) is 3.30. The Hall–Kier alpha value is -1.31. The number of amides is 1. The second kappa shape index (κ2) is 3.69. The van der Waals surface area contributed by atoms with E-state index in [0.717, 1.165) is 19.4 Å². The molecule has 0 aromatic heterocycles. The molecule has 0 radical (unpaired) electrons. The maximum atomic E-state index is 12.0. The number of nitrogens with zero attached hydrogens (tertiary/aromatic N) is 1. The first-order valence-electron chi connectivity index (χ1n) is 5.41. The van der Waals surface area contributed by atoms with Crippen LogP contribution >= 0.6 is 0 Å². The summed E-state index contributed by atoms with van der Waals surface area (Å²) >= 11 is 0. The van der Waals surface area contributed by atoms with Crippen molar-refractivity contribution in [3.63, 3.8) is 0 Å².